The third kappa shape index (κ3) is 3.05. The van der Waals surface area contributed by atoms with Crippen molar-refractivity contribution in [2.45, 2.75) is 33.6 Å². The molecule has 0 saturated heterocycles. The zero-order valence-electron chi connectivity index (χ0n) is 10.1. The van der Waals surface area contributed by atoms with Gasteiger partial charge in [-0.2, -0.15) is 0 Å². The molecule has 1 rings (SSSR count). The summed E-state index contributed by atoms with van der Waals surface area (Å²) >= 11 is 11.9. The minimum atomic E-state index is 0.663. The first-order chi connectivity index (χ1) is 7.61. The summed E-state index contributed by atoms with van der Waals surface area (Å²) in [5.74, 6) is 1.64. The Bertz CT molecular complexity index is 361. The Morgan fingerprint density at radius 2 is 2.00 bits per heavy atom. The molecule has 1 nitrogen and oxygen atoms in total. The number of hydrogen-bond donors (Lipinski definition) is 0. The van der Waals surface area contributed by atoms with Gasteiger partial charge in [-0.25, -0.2) is 0 Å². The Kier molecular flexibility index (Phi) is 5.43. The monoisotopic (exact) mass is 260 g/mol. The molecular weight excluding hydrogens is 243 g/mol. The van der Waals surface area contributed by atoms with Crippen LogP contribution in [-0.4, -0.2) is 12.5 Å². The number of aryl methyl sites for hydroxylation is 1. The highest BCUT2D eigenvalue weighted by Gasteiger charge is 2.13. The van der Waals surface area contributed by atoms with Crippen molar-refractivity contribution in [3.8, 4) is 5.75 Å². The maximum atomic E-state index is 6.18. The van der Waals surface area contributed by atoms with E-state index < -0.39 is 0 Å². The second-order valence-electron chi connectivity index (χ2n) is 3.83. The van der Waals surface area contributed by atoms with Gasteiger partial charge in [-0.05, 0) is 56.4 Å². The van der Waals surface area contributed by atoms with Crippen molar-refractivity contribution in [1.29, 1.82) is 0 Å². The van der Waals surface area contributed by atoms with Gasteiger partial charge in [0.2, 0.25) is 0 Å². The van der Waals surface area contributed by atoms with Crippen LogP contribution in [0.3, 0.4) is 0 Å². The van der Waals surface area contributed by atoms with Gasteiger partial charge in [0.05, 0.1) is 6.61 Å². The first-order valence-electron chi connectivity index (χ1n) is 5.59. The summed E-state index contributed by atoms with van der Waals surface area (Å²) in [6.07, 6.45) is 1.87. The summed E-state index contributed by atoms with van der Waals surface area (Å²) in [4.78, 5) is 0. The van der Waals surface area contributed by atoms with Gasteiger partial charge in [0, 0.05) is 10.9 Å². The number of rotatable bonds is 5. The van der Waals surface area contributed by atoms with E-state index in [1.807, 2.05) is 26.8 Å². The van der Waals surface area contributed by atoms with Crippen LogP contribution in [0.5, 0.6) is 5.75 Å². The molecule has 3 heteroatoms. The van der Waals surface area contributed by atoms with Crippen molar-refractivity contribution in [3.63, 3.8) is 0 Å². The van der Waals surface area contributed by atoms with Crippen molar-refractivity contribution in [2.24, 2.45) is 0 Å². The molecule has 0 N–H and O–H groups in total. The number of benzene rings is 1. The lowest BCUT2D eigenvalue weighted by atomic mass is 10.00. The van der Waals surface area contributed by atoms with Crippen molar-refractivity contribution in [1.82, 2.24) is 0 Å². The van der Waals surface area contributed by atoms with Gasteiger partial charge in [-0.1, -0.05) is 11.6 Å². The highest BCUT2D eigenvalue weighted by atomic mass is 35.5. The highest BCUT2D eigenvalue weighted by molar-refractivity contribution is 6.31. The van der Waals surface area contributed by atoms with Crippen LogP contribution < -0.4 is 4.74 Å². The molecule has 16 heavy (non-hydrogen) atoms. The minimum Gasteiger partial charge on any atom is -0.493 e. The minimum absolute atomic E-state index is 0.663. The largest absolute Gasteiger partial charge is 0.493 e. The zero-order chi connectivity index (χ0) is 12.1. The van der Waals surface area contributed by atoms with E-state index in [2.05, 4.69) is 0 Å². The van der Waals surface area contributed by atoms with Gasteiger partial charge >= 0.3 is 0 Å². The number of ether oxygens (including phenoxy) is 1. The van der Waals surface area contributed by atoms with Gasteiger partial charge < -0.3 is 4.74 Å². The van der Waals surface area contributed by atoms with Crippen LogP contribution >= 0.6 is 23.2 Å². The molecule has 0 bridgehead atoms. The summed E-state index contributed by atoms with van der Waals surface area (Å²) in [6.45, 7) is 6.73. The molecule has 0 unspecified atom stereocenters. The SMILES string of the molecule is CCOc1c(C)cc(Cl)c(C)c1CCCCl. The van der Waals surface area contributed by atoms with E-state index in [9.17, 15) is 0 Å². The van der Waals surface area contributed by atoms with Crippen molar-refractivity contribution >= 4 is 23.2 Å². The predicted molar refractivity (Wildman–Crippen MR) is 71.1 cm³/mol. The molecule has 0 aromatic heterocycles. The summed E-state index contributed by atoms with van der Waals surface area (Å²) in [7, 11) is 0. The Morgan fingerprint density at radius 3 is 2.56 bits per heavy atom. The number of hydrogen-bond acceptors (Lipinski definition) is 1. The normalized spacial score (nSPS) is 10.6. The fourth-order valence-electron chi connectivity index (χ4n) is 1.81. The van der Waals surface area contributed by atoms with Crippen LogP contribution in [0.2, 0.25) is 5.02 Å². The molecule has 0 spiro atoms. The van der Waals surface area contributed by atoms with Crippen LogP contribution in [0.4, 0.5) is 0 Å². The fraction of sp³-hybridized carbons (Fsp3) is 0.538. The molecule has 0 radical (unpaired) electrons. The van der Waals surface area contributed by atoms with Gasteiger partial charge in [0.25, 0.3) is 0 Å². The van der Waals surface area contributed by atoms with Crippen LogP contribution in [-0.2, 0) is 6.42 Å². The third-order valence-corrected chi connectivity index (χ3v) is 3.30. The molecule has 1 aromatic rings. The quantitative estimate of drug-likeness (QED) is 0.708. The lowest BCUT2D eigenvalue weighted by molar-refractivity contribution is 0.333. The molecule has 0 aliphatic rings. The summed E-state index contributed by atoms with van der Waals surface area (Å²) in [5.41, 5.74) is 3.41. The van der Waals surface area contributed by atoms with E-state index in [0.717, 1.165) is 34.7 Å². The van der Waals surface area contributed by atoms with Crippen LogP contribution in [0, 0.1) is 13.8 Å². The molecule has 1 aromatic carbocycles. The molecule has 0 fully saturated rings. The van der Waals surface area contributed by atoms with Crippen LogP contribution in [0.25, 0.3) is 0 Å². The Hall–Kier alpha value is -0.400. The van der Waals surface area contributed by atoms with E-state index in [1.54, 1.807) is 0 Å². The van der Waals surface area contributed by atoms with E-state index in [0.29, 0.717) is 12.5 Å². The maximum absolute atomic E-state index is 6.18. The third-order valence-electron chi connectivity index (χ3n) is 2.64. The first kappa shape index (κ1) is 13.7. The average Bonchev–Trinajstić information content (AvgIpc) is 2.25. The summed E-state index contributed by atoms with van der Waals surface area (Å²) in [5, 5.41) is 0.811. The number of alkyl halides is 1. The highest BCUT2D eigenvalue weighted by Crippen LogP contribution is 2.33. The summed E-state index contributed by atoms with van der Waals surface area (Å²) in [6, 6.07) is 1.96. The molecule has 0 atom stereocenters. The van der Waals surface area contributed by atoms with Gasteiger partial charge in [-0.15, -0.1) is 11.6 Å². The van der Waals surface area contributed by atoms with E-state index >= 15 is 0 Å². The second-order valence-corrected chi connectivity index (χ2v) is 4.62. The lowest BCUT2D eigenvalue weighted by Gasteiger charge is -2.16. The average molecular weight is 261 g/mol. The Labute approximate surface area is 108 Å². The van der Waals surface area contributed by atoms with Crippen molar-refractivity contribution in [2.75, 3.05) is 12.5 Å². The molecule has 0 aliphatic heterocycles. The van der Waals surface area contributed by atoms with Crippen molar-refractivity contribution in [3.05, 3.63) is 27.8 Å². The molecule has 0 amide bonds. The molecular formula is C13H18Cl2O. The van der Waals surface area contributed by atoms with Gasteiger partial charge in [-0.3, -0.25) is 0 Å². The maximum Gasteiger partial charge on any atom is 0.125 e. The first-order valence-corrected chi connectivity index (χ1v) is 6.50. The van der Waals surface area contributed by atoms with E-state index in [-0.39, 0.29) is 0 Å². The smallest absolute Gasteiger partial charge is 0.125 e. The topological polar surface area (TPSA) is 9.23 Å². The Balaban J connectivity index is 3.16. The van der Waals surface area contributed by atoms with Crippen LogP contribution in [0.1, 0.15) is 30.0 Å². The van der Waals surface area contributed by atoms with E-state index in [1.165, 1.54) is 5.56 Å². The summed E-state index contributed by atoms with van der Waals surface area (Å²) < 4.78 is 5.70. The zero-order valence-corrected chi connectivity index (χ0v) is 11.6. The molecule has 0 heterocycles. The molecule has 90 valence electrons. The van der Waals surface area contributed by atoms with Crippen LogP contribution in [0.15, 0.2) is 6.07 Å². The van der Waals surface area contributed by atoms with Gasteiger partial charge in [0.1, 0.15) is 5.75 Å². The number of halogens is 2. The van der Waals surface area contributed by atoms with Crippen molar-refractivity contribution < 1.29 is 4.74 Å². The molecule has 0 aliphatic carbocycles. The standard InChI is InChI=1S/C13H18Cl2O/c1-4-16-13-9(2)8-12(15)10(3)11(13)6-5-7-14/h8H,4-7H2,1-3H3. The Morgan fingerprint density at radius 1 is 1.31 bits per heavy atom. The predicted octanol–water partition coefficient (Wildman–Crippen LogP) is 4.53. The molecule has 0 saturated carbocycles. The van der Waals surface area contributed by atoms with Gasteiger partial charge in [0.15, 0.2) is 0 Å². The fourth-order valence-corrected chi connectivity index (χ4v) is 2.22. The lowest BCUT2D eigenvalue weighted by Crippen LogP contribution is -2.02. The van der Waals surface area contributed by atoms with E-state index in [4.69, 9.17) is 27.9 Å². The second kappa shape index (κ2) is 6.36.